The summed E-state index contributed by atoms with van der Waals surface area (Å²) in [5.41, 5.74) is 1.23. The summed E-state index contributed by atoms with van der Waals surface area (Å²) in [6.07, 6.45) is -0.931. The Labute approximate surface area is 405 Å². The fraction of sp³-hybridized carbons (Fsp3) is 0.627. The van der Waals surface area contributed by atoms with Crippen molar-refractivity contribution in [3.8, 4) is 34.8 Å². The van der Waals surface area contributed by atoms with Crippen molar-refractivity contribution in [3.63, 3.8) is 0 Å². The third-order valence-corrected chi connectivity index (χ3v) is 22.9. The third kappa shape index (κ3) is 13.5. The maximum Gasteiger partial charge on any atom is 0.408 e. The Morgan fingerprint density at radius 3 is 2.28 bits per heavy atom. The van der Waals surface area contributed by atoms with E-state index < -0.39 is 75.2 Å². The van der Waals surface area contributed by atoms with E-state index in [1.54, 1.807) is 40.0 Å². The molecular formula is C51H73ClN2O11Si2. The number of ether oxygens (including phenoxy) is 7. The van der Waals surface area contributed by atoms with Gasteiger partial charge in [-0.2, -0.15) is 0 Å². The van der Waals surface area contributed by atoms with Gasteiger partial charge >= 0.3 is 12.1 Å². The molecule has 3 aliphatic heterocycles. The molecule has 0 unspecified atom stereocenters. The van der Waals surface area contributed by atoms with E-state index in [1.807, 2.05) is 44.2 Å². The van der Waals surface area contributed by atoms with Crippen molar-refractivity contribution >= 4 is 40.1 Å². The molecule has 2 N–H and O–H groups in total. The van der Waals surface area contributed by atoms with Crippen LogP contribution >= 0.6 is 11.6 Å². The van der Waals surface area contributed by atoms with Gasteiger partial charge in [0.2, 0.25) is 0 Å². The van der Waals surface area contributed by atoms with Gasteiger partial charge in [0.25, 0.3) is 0 Å². The molecule has 2 aromatic rings. The van der Waals surface area contributed by atoms with Crippen LogP contribution in [0.4, 0.5) is 4.79 Å². The molecule has 1 aromatic heterocycles. The van der Waals surface area contributed by atoms with Gasteiger partial charge in [-0.15, -0.1) is 11.5 Å². The highest BCUT2D eigenvalue weighted by Gasteiger charge is 2.62. The molecule has 6 atom stereocenters. The topological polar surface area (TPSA) is 153 Å². The van der Waals surface area contributed by atoms with Gasteiger partial charge in [-0.05, 0) is 107 Å². The molecule has 4 bridgehead atoms. The van der Waals surface area contributed by atoms with E-state index in [9.17, 15) is 14.7 Å². The number of amides is 1. The Kier molecular flexibility index (Phi) is 17.3. The first kappa shape index (κ1) is 54.0. The number of carbonyl (C=O) groups is 2. The normalized spacial score (nSPS) is 25.4. The number of nitrogens with zero attached hydrogens (tertiary/aromatic N) is 1. The average Bonchev–Trinajstić information content (AvgIpc) is 3.71. The summed E-state index contributed by atoms with van der Waals surface area (Å²) in [7, 11) is -2.96. The number of esters is 1. The maximum absolute atomic E-state index is 14.0. The standard InChI is InChI=1S/C51H73ClN2O11Si2/c1-15-67(16-2,17-3)28-18-26-50(57)27-25-36-29-42(44(64-66(13,14)48(7,8)9)51(36)34-61-49(10,11)65-51)62-41-24-23-39(53-45(41)52)40(54-46(56)63-47(4,5)6)30-43(55)60-33-37(50)32-59-31-35-19-21-38(58-12)22-20-35/h19-24,29,37,40,42,44,57H,15-17,26,30-34H2,1-14H3,(H,54,56)/t37-,40-,42-,44-,50-,51+/m1/s1. The molecule has 1 aromatic carbocycles. The molecule has 1 aliphatic carbocycles. The highest BCUT2D eigenvalue weighted by molar-refractivity contribution is 6.87. The van der Waals surface area contributed by atoms with E-state index in [1.165, 1.54) is 0 Å². The molecule has 1 spiro atoms. The number of carbonyl (C=O) groups excluding carboxylic acids is 2. The van der Waals surface area contributed by atoms with Gasteiger partial charge in [-0.1, -0.05) is 77.1 Å². The lowest BCUT2D eigenvalue weighted by Crippen LogP contribution is -2.57. The molecule has 4 heterocycles. The number of rotatable bonds is 12. The van der Waals surface area contributed by atoms with Crippen molar-refractivity contribution in [3.05, 3.63) is 64.5 Å². The minimum atomic E-state index is -2.58. The SMILES string of the molecule is CC[Si](C#CC[C@@]1(O)C#CC2=C[C@@H](Oc3ccc(nc3Cl)[C@H](NC(=O)OC(C)(C)C)CC(=O)OC[C@H]1COCc1ccc(OC)cc1)[C@@H](O[Si](C)(C)C(C)(C)C)[C@]21COC(C)(C)O1)(CC)CC. The maximum atomic E-state index is 14.0. The van der Waals surface area contributed by atoms with Crippen LogP contribution in [0.1, 0.15) is 106 Å². The second kappa shape index (κ2) is 21.4. The highest BCUT2D eigenvalue weighted by Crippen LogP contribution is 2.49. The molecule has 13 nitrogen and oxygen atoms in total. The molecule has 67 heavy (non-hydrogen) atoms. The zero-order valence-corrected chi connectivity index (χ0v) is 44.8. The van der Waals surface area contributed by atoms with Crippen LogP contribution in [0.2, 0.25) is 41.4 Å². The van der Waals surface area contributed by atoms with E-state index in [4.69, 9.17) is 49.2 Å². The minimum Gasteiger partial charge on any atom is -0.497 e. The Bertz CT molecular complexity index is 2220. The first-order valence-corrected chi connectivity index (χ1v) is 29.3. The number of nitrogens with one attached hydrogen (secondary N) is 1. The number of aliphatic hydroxyl groups is 1. The van der Waals surface area contributed by atoms with E-state index in [0.29, 0.717) is 11.3 Å². The predicted octanol–water partition coefficient (Wildman–Crippen LogP) is 9.86. The van der Waals surface area contributed by atoms with Crippen molar-refractivity contribution in [1.29, 1.82) is 0 Å². The molecule has 0 radical (unpaired) electrons. The molecular weight excluding hydrogens is 908 g/mol. The highest BCUT2D eigenvalue weighted by atomic mass is 35.5. The van der Waals surface area contributed by atoms with Crippen molar-refractivity contribution in [2.75, 3.05) is 26.9 Å². The molecule has 16 heteroatoms. The summed E-state index contributed by atoms with van der Waals surface area (Å²) < 4.78 is 50.6. The van der Waals surface area contributed by atoms with E-state index in [-0.39, 0.29) is 60.9 Å². The number of alkyl carbamates (subject to hydrolysis) is 1. The Morgan fingerprint density at radius 1 is 1.04 bits per heavy atom. The number of methoxy groups -OCH3 is 1. The molecule has 1 fully saturated rings. The van der Waals surface area contributed by atoms with Crippen LogP contribution in [0.25, 0.3) is 0 Å². The number of pyridine rings is 1. The third-order valence-electron chi connectivity index (χ3n) is 13.4. The van der Waals surface area contributed by atoms with Crippen molar-refractivity contribution < 1.29 is 52.3 Å². The summed E-state index contributed by atoms with van der Waals surface area (Å²) >= 11 is 6.93. The van der Waals surface area contributed by atoms with Crippen molar-refractivity contribution in [2.24, 2.45) is 5.92 Å². The summed E-state index contributed by atoms with van der Waals surface area (Å²) in [4.78, 5) is 31.9. The quantitative estimate of drug-likeness (QED) is 0.0901. The zero-order valence-electron chi connectivity index (χ0n) is 42.1. The smallest absolute Gasteiger partial charge is 0.408 e. The molecule has 1 amide bonds. The van der Waals surface area contributed by atoms with Gasteiger partial charge in [0.15, 0.2) is 30.6 Å². The van der Waals surface area contributed by atoms with Crippen LogP contribution < -0.4 is 14.8 Å². The Balaban J connectivity index is 1.71. The van der Waals surface area contributed by atoms with Crippen LogP contribution in [-0.2, 0) is 39.5 Å². The fourth-order valence-electron chi connectivity index (χ4n) is 7.94. The fourth-order valence-corrected chi connectivity index (χ4v) is 11.9. The number of hydrogen-bond acceptors (Lipinski definition) is 12. The lowest BCUT2D eigenvalue weighted by molar-refractivity contribution is -0.173. The molecule has 4 aliphatic rings. The molecule has 368 valence electrons. The average molecular weight is 982 g/mol. The summed E-state index contributed by atoms with van der Waals surface area (Å²) in [5, 5.41) is 15.7. The lowest BCUT2D eigenvalue weighted by atomic mass is 9.85. The van der Waals surface area contributed by atoms with Crippen LogP contribution in [0.3, 0.4) is 0 Å². The van der Waals surface area contributed by atoms with Gasteiger partial charge in [-0.25, -0.2) is 9.78 Å². The lowest BCUT2D eigenvalue weighted by Gasteiger charge is -2.44. The van der Waals surface area contributed by atoms with Gasteiger partial charge in [0.1, 0.15) is 43.8 Å². The summed E-state index contributed by atoms with van der Waals surface area (Å²) in [6.45, 7) is 26.1. The second-order valence-corrected chi connectivity index (χ2v) is 30.9. The molecule has 6 rings (SSSR count). The van der Waals surface area contributed by atoms with E-state index in [0.717, 1.165) is 23.7 Å². The molecule has 0 saturated carbocycles. The number of aromatic nitrogens is 1. The number of benzene rings is 1. The number of hydrogen-bond donors (Lipinski definition) is 2. The van der Waals surface area contributed by atoms with Crippen LogP contribution in [-0.4, -0.2) is 100 Å². The second-order valence-electron chi connectivity index (χ2n) is 20.8. The zero-order chi connectivity index (χ0) is 49.6. The number of fused-ring (bicyclic) bond motifs is 9. The van der Waals surface area contributed by atoms with Gasteiger partial charge in [0.05, 0.1) is 51.0 Å². The van der Waals surface area contributed by atoms with E-state index in [2.05, 4.69) is 88.2 Å². The largest absolute Gasteiger partial charge is 0.497 e. The Morgan fingerprint density at radius 2 is 1.72 bits per heavy atom. The van der Waals surface area contributed by atoms with Crippen LogP contribution in [0.15, 0.2) is 48.0 Å². The minimum absolute atomic E-state index is 0.0176. The Hall–Kier alpha value is -3.91. The van der Waals surface area contributed by atoms with E-state index >= 15 is 0 Å². The van der Waals surface area contributed by atoms with Crippen molar-refractivity contribution in [1.82, 2.24) is 10.3 Å². The van der Waals surface area contributed by atoms with Crippen LogP contribution in [0, 0.1) is 29.2 Å². The van der Waals surface area contributed by atoms with Gasteiger partial charge < -0.3 is 48.0 Å². The molecule has 1 saturated heterocycles. The van der Waals surface area contributed by atoms with Gasteiger partial charge in [-0.3, -0.25) is 4.79 Å². The first-order valence-electron chi connectivity index (χ1n) is 23.4. The summed E-state index contributed by atoms with van der Waals surface area (Å²) in [6, 6.07) is 12.6. The van der Waals surface area contributed by atoms with Crippen molar-refractivity contribution in [2.45, 2.75) is 173 Å². The summed E-state index contributed by atoms with van der Waals surface area (Å²) in [5.74, 6) is 8.28. The predicted molar refractivity (Wildman–Crippen MR) is 264 cm³/mol. The van der Waals surface area contributed by atoms with Gasteiger partial charge in [0, 0.05) is 12.0 Å². The first-order chi connectivity index (χ1) is 31.2. The van der Waals surface area contributed by atoms with Crippen LogP contribution in [0.5, 0.6) is 11.5 Å². The number of halogens is 1. The monoisotopic (exact) mass is 980 g/mol.